The number of carbonyl (C=O) groups excluding carboxylic acids is 1. The number of fused-ring (bicyclic) bond motifs is 3. The molecule has 1 saturated heterocycles. The van der Waals surface area contributed by atoms with Crippen LogP contribution >= 0.6 is 0 Å². The van der Waals surface area contributed by atoms with Gasteiger partial charge in [0.15, 0.2) is 17.1 Å². The van der Waals surface area contributed by atoms with Gasteiger partial charge < -0.3 is 24.1 Å². The molecule has 1 aliphatic rings. The molecule has 5 aromatic rings. The zero-order chi connectivity index (χ0) is 25.2. The first-order valence-electron chi connectivity index (χ1n) is 11.7. The van der Waals surface area contributed by atoms with Gasteiger partial charge in [-0.3, -0.25) is 9.78 Å². The minimum absolute atomic E-state index is 0.0381. The summed E-state index contributed by atoms with van der Waals surface area (Å²) in [5, 5.41) is 21.9. The van der Waals surface area contributed by atoms with Gasteiger partial charge in [0.25, 0.3) is 5.91 Å². The van der Waals surface area contributed by atoms with Crippen LogP contribution in [0.3, 0.4) is 0 Å². The number of nitrogens with one attached hydrogen (secondary N) is 1. The fourth-order valence-electron chi connectivity index (χ4n) is 4.15. The van der Waals surface area contributed by atoms with Crippen molar-refractivity contribution in [3.8, 4) is 17.4 Å². The van der Waals surface area contributed by atoms with E-state index in [4.69, 9.17) is 18.7 Å². The summed E-state index contributed by atoms with van der Waals surface area (Å²) in [4.78, 5) is 16.8. The van der Waals surface area contributed by atoms with E-state index in [-0.39, 0.29) is 25.2 Å². The maximum Gasteiger partial charge on any atom is 0.253 e. The topological polar surface area (TPSA) is 139 Å². The van der Waals surface area contributed by atoms with Crippen LogP contribution in [-0.4, -0.2) is 62.2 Å². The molecule has 188 valence electrons. The van der Waals surface area contributed by atoms with Gasteiger partial charge in [0.1, 0.15) is 13.2 Å². The average molecular weight is 502 g/mol. The third-order valence-corrected chi connectivity index (χ3v) is 6.01. The lowest BCUT2D eigenvalue weighted by Crippen LogP contribution is -2.35. The predicted octanol–water partition coefficient (Wildman–Crippen LogP) is 2.57. The Morgan fingerprint density at radius 3 is 2.84 bits per heavy atom. The van der Waals surface area contributed by atoms with Gasteiger partial charge in [-0.15, -0.1) is 15.3 Å². The second-order valence-electron chi connectivity index (χ2n) is 8.58. The summed E-state index contributed by atoms with van der Waals surface area (Å²) < 4.78 is 23.4. The van der Waals surface area contributed by atoms with E-state index in [9.17, 15) is 4.79 Å². The molecule has 6 rings (SSSR count). The van der Waals surface area contributed by atoms with Crippen LogP contribution in [0.1, 0.15) is 28.2 Å². The van der Waals surface area contributed by atoms with E-state index in [2.05, 4.69) is 30.8 Å². The lowest BCUT2D eigenvalue weighted by Gasteiger charge is -2.11. The lowest BCUT2D eigenvalue weighted by atomic mass is 10.2. The minimum atomic E-state index is -0.171. The van der Waals surface area contributed by atoms with Crippen LogP contribution in [-0.2, 0) is 22.7 Å². The first-order chi connectivity index (χ1) is 18.2. The summed E-state index contributed by atoms with van der Waals surface area (Å²) in [6.07, 6.45) is 2.36. The molecule has 0 aliphatic carbocycles. The number of hydrogen-bond donors (Lipinski definition) is 1. The van der Waals surface area contributed by atoms with Gasteiger partial charge >= 0.3 is 0 Å². The van der Waals surface area contributed by atoms with Gasteiger partial charge in [0.2, 0.25) is 11.7 Å². The van der Waals surface area contributed by atoms with Gasteiger partial charge in [0, 0.05) is 36.8 Å². The molecule has 37 heavy (non-hydrogen) atoms. The Bertz CT molecular complexity index is 1560. The zero-order valence-electron chi connectivity index (χ0n) is 20.0. The maximum atomic E-state index is 12.4. The highest BCUT2D eigenvalue weighted by Gasteiger charge is 2.20. The highest BCUT2D eigenvalue weighted by molar-refractivity contribution is 5.97. The Morgan fingerprint density at radius 2 is 2.05 bits per heavy atom. The van der Waals surface area contributed by atoms with E-state index in [1.807, 2.05) is 24.3 Å². The van der Waals surface area contributed by atoms with Crippen molar-refractivity contribution in [1.82, 2.24) is 35.3 Å². The number of hydrogen-bond acceptors (Lipinski definition) is 10. The molecular weight excluding hydrogens is 478 g/mol. The Kier molecular flexibility index (Phi) is 6.16. The quantitative estimate of drug-likeness (QED) is 0.337. The van der Waals surface area contributed by atoms with Crippen molar-refractivity contribution in [2.24, 2.45) is 0 Å². The van der Waals surface area contributed by atoms with E-state index < -0.39 is 0 Å². The molecule has 1 N–H and O–H groups in total. The van der Waals surface area contributed by atoms with Gasteiger partial charge in [-0.1, -0.05) is 23.4 Å². The van der Waals surface area contributed by atoms with E-state index in [1.165, 1.54) is 0 Å². The van der Waals surface area contributed by atoms with Gasteiger partial charge in [0.05, 0.1) is 23.9 Å². The van der Waals surface area contributed by atoms with Gasteiger partial charge in [-0.25, -0.2) is 0 Å². The molecule has 1 atom stereocenters. The average Bonchev–Trinajstić information content (AvgIpc) is 3.69. The summed E-state index contributed by atoms with van der Waals surface area (Å²) in [6, 6.07) is 12.9. The highest BCUT2D eigenvalue weighted by Crippen LogP contribution is 2.29. The van der Waals surface area contributed by atoms with Crippen molar-refractivity contribution in [3.05, 3.63) is 65.7 Å². The normalized spacial score (nSPS) is 15.4. The number of aromatic nitrogens is 6. The van der Waals surface area contributed by atoms with Crippen LogP contribution in [0.4, 0.5) is 0 Å². The molecule has 1 fully saturated rings. The molecule has 4 aromatic heterocycles. The number of ether oxygens (including phenoxy) is 3. The van der Waals surface area contributed by atoms with Crippen molar-refractivity contribution in [2.45, 2.75) is 25.7 Å². The third kappa shape index (κ3) is 4.59. The Labute approximate surface area is 210 Å². The summed E-state index contributed by atoms with van der Waals surface area (Å²) in [5.41, 5.74) is 2.18. The van der Waals surface area contributed by atoms with Crippen molar-refractivity contribution < 1.29 is 23.5 Å². The smallest absolute Gasteiger partial charge is 0.253 e. The predicted molar refractivity (Wildman–Crippen MR) is 130 cm³/mol. The zero-order valence-corrected chi connectivity index (χ0v) is 20.0. The van der Waals surface area contributed by atoms with Crippen LogP contribution in [0.5, 0.6) is 5.88 Å². The second kappa shape index (κ2) is 9.91. The minimum Gasteiger partial charge on any atom is -0.470 e. The van der Waals surface area contributed by atoms with Crippen LogP contribution in [0.25, 0.3) is 27.9 Å². The molecule has 0 radical (unpaired) electrons. The first-order valence-corrected chi connectivity index (χ1v) is 11.7. The third-order valence-electron chi connectivity index (χ3n) is 6.01. The molecule has 0 spiro atoms. The first kappa shape index (κ1) is 23.0. The van der Waals surface area contributed by atoms with E-state index in [0.717, 1.165) is 17.2 Å². The summed E-state index contributed by atoms with van der Waals surface area (Å²) in [6.45, 7) is 1.64. The maximum absolute atomic E-state index is 12.4. The van der Waals surface area contributed by atoms with Crippen molar-refractivity contribution in [1.29, 1.82) is 0 Å². The molecule has 1 aromatic carbocycles. The number of rotatable bonds is 8. The Balaban J connectivity index is 1.25. The van der Waals surface area contributed by atoms with Crippen molar-refractivity contribution >= 4 is 22.3 Å². The number of benzene rings is 1. The molecule has 12 heteroatoms. The van der Waals surface area contributed by atoms with Crippen LogP contribution in [0, 0.1) is 0 Å². The number of methoxy groups -OCH3 is 1. The molecule has 0 bridgehead atoms. The van der Waals surface area contributed by atoms with Crippen LogP contribution in [0.15, 0.2) is 53.2 Å². The van der Waals surface area contributed by atoms with Crippen LogP contribution < -0.4 is 10.1 Å². The molecule has 0 saturated carbocycles. The molecule has 5 heterocycles. The number of nitrogens with zero attached hydrogens (tertiary/aromatic N) is 6. The summed E-state index contributed by atoms with van der Waals surface area (Å²) in [7, 11) is 1.58. The number of pyridine rings is 1. The SMILES string of the molecule is COCc1cc(-c2nnc3c4ccccc4c(OCc4ccc(C(=O)NC5CCOC5)cn4)nn23)no1. The summed E-state index contributed by atoms with van der Waals surface area (Å²) >= 11 is 0. The lowest BCUT2D eigenvalue weighted by molar-refractivity contribution is 0.0929. The van der Waals surface area contributed by atoms with Gasteiger partial charge in [-0.2, -0.15) is 4.52 Å². The van der Waals surface area contributed by atoms with Crippen LogP contribution in [0.2, 0.25) is 0 Å². The van der Waals surface area contributed by atoms with Crippen molar-refractivity contribution in [2.75, 3.05) is 20.3 Å². The Hall–Kier alpha value is -4.42. The van der Waals surface area contributed by atoms with E-state index in [0.29, 0.717) is 53.3 Å². The van der Waals surface area contributed by atoms with E-state index >= 15 is 0 Å². The molecular formula is C25H23N7O5. The van der Waals surface area contributed by atoms with Crippen molar-refractivity contribution in [3.63, 3.8) is 0 Å². The monoisotopic (exact) mass is 501 g/mol. The molecule has 12 nitrogen and oxygen atoms in total. The fraction of sp³-hybridized carbons (Fsp3) is 0.280. The fourth-order valence-corrected chi connectivity index (χ4v) is 4.15. The summed E-state index contributed by atoms with van der Waals surface area (Å²) in [5.74, 6) is 1.19. The highest BCUT2D eigenvalue weighted by atomic mass is 16.5. The molecule has 1 amide bonds. The Morgan fingerprint density at radius 1 is 1.16 bits per heavy atom. The molecule has 1 unspecified atom stereocenters. The molecule has 1 aliphatic heterocycles. The number of amides is 1. The van der Waals surface area contributed by atoms with E-state index in [1.54, 1.807) is 36.0 Å². The largest absolute Gasteiger partial charge is 0.470 e. The number of carbonyl (C=O) groups is 1. The van der Waals surface area contributed by atoms with Gasteiger partial charge in [-0.05, 0) is 24.6 Å². The second-order valence-corrected chi connectivity index (χ2v) is 8.58. The standard InChI is InChI=1S/C25H23N7O5/c1-34-14-18-10-21(31-37-18)23-29-28-22-19-4-2-3-5-20(19)25(30-32(22)23)36-13-16-7-6-15(11-26-16)24(33)27-17-8-9-35-12-17/h2-7,10-11,17H,8-9,12-14H2,1H3,(H,27,33).